The van der Waals surface area contributed by atoms with Gasteiger partial charge in [-0.1, -0.05) is 77.8 Å². The fourth-order valence-electron chi connectivity index (χ4n) is 3.28. The third-order valence-electron chi connectivity index (χ3n) is 4.91. The Morgan fingerprint density at radius 2 is 1.67 bits per heavy atom. The van der Waals surface area contributed by atoms with Gasteiger partial charge in [0.2, 0.25) is 0 Å². The van der Waals surface area contributed by atoms with Crippen LogP contribution < -0.4 is 4.74 Å². The minimum Gasteiger partial charge on any atom is -0.427 e. The lowest BCUT2D eigenvalue weighted by Gasteiger charge is -2.05. The maximum absolute atomic E-state index is 10.9. The van der Waals surface area contributed by atoms with E-state index in [1.807, 2.05) is 18.2 Å². The standard InChI is InChI=1S/C19H28O3.C5H12/c1-3-18-19(22-18)13-8-6-4-5-7-10-16-11-9-12-17(14-16)21-15(2)20;1-3-5-4-2/h9,11-12,14,18-19H,3-8,10,13H2,1-2H3;3-5H2,1-2H3. The average molecular weight is 377 g/mol. The minimum atomic E-state index is -0.262. The molecule has 1 aromatic carbocycles. The van der Waals surface area contributed by atoms with Gasteiger partial charge in [-0.3, -0.25) is 4.79 Å². The van der Waals surface area contributed by atoms with Gasteiger partial charge in [0.15, 0.2) is 0 Å². The van der Waals surface area contributed by atoms with Crippen LogP contribution in [-0.4, -0.2) is 18.2 Å². The second-order valence-corrected chi connectivity index (χ2v) is 7.52. The lowest BCUT2D eigenvalue weighted by molar-refractivity contribution is -0.131. The summed E-state index contributed by atoms with van der Waals surface area (Å²) in [5, 5.41) is 0. The predicted octanol–water partition coefficient (Wildman–Crippen LogP) is 6.87. The molecule has 2 unspecified atom stereocenters. The maximum Gasteiger partial charge on any atom is 0.308 e. The van der Waals surface area contributed by atoms with E-state index >= 15 is 0 Å². The molecule has 1 fully saturated rings. The van der Waals surface area contributed by atoms with Crippen molar-refractivity contribution in [2.45, 2.75) is 111 Å². The summed E-state index contributed by atoms with van der Waals surface area (Å²) in [7, 11) is 0. The summed E-state index contributed by atoms with van der Waals surface area (Å²) in [6.07, 6.45) is 15.0. The van der Waals surface area contributed by atoms with Crippen molar-refractivity contribution in [2.75, 3.05) is 0 Å². The largest absolute Gasteiger partial charge is 0.427 e. The topological polar surface area (TPSA) is 38.8 Å². The van der Waals surface area contributed by atoms with Gasteiger partial charge in [-0.2, -0.15) is 0 Å². The zero-order valence-electron chi connectivity index (χ0n) is 18.0. The second kappa shape index (κ2) is 14.7. The highest BCUT2D eigenvalue weighted by molar-refractivity contribution is 5.69. The molecule has 1 aliphatic rings. The molecule has 2 atom stereocenters. The van der Waals surface area contributed by atoms with E-state index in [1.165, 1.54) is 70.3 Å². The van der Waals surface area contributed by atoms with Crippen LogP contribution in [-0.2, 0) is 16.0 Å². The molecule has 1 aliphatic heterocycles. The summed E-state index contributed by atoms with van der Waals surface area (Å²) in [4.78, 5) is 10.9. The summed E-state index contributed by atoms with van der Waals surface area (Å²) < 4.78 is 10.7. The number of hydrogen-bond donors (Lipinski definition) is 0. The molecule has 0 spiro atoms. The Kier molecular flexibility index (Phi) is 12.9. The number of esters is 1. The van der Waals surface area contributed by atoms with Crippen molar-refractivity contribution in [1.82, 2.24) is 0 Å². The highest BCUT2D eigenvalue weighted by Crippen LogP contribution is 2.29. The molecule has 1 heterocycles. The number of carbonyl (C=O) groups excluding carboxylic acids is 1. The molecule has 0 radical (unpaired) electrons. The van der Waals surface area contributed by atoms with E-state index in [9.17, 15) is 4.79 Å². The van der Waals surface area contributed by atoms with Crippen LogP contribution in [0, 0.1) is 0 Å². The molecule has 3 heteroatoms. The number of epoxide rings is 1. The van der Waals surface area contributed by atoms with Gasteiger partial charge in [0.1, 0.15) is 5.75 Å². The van der Waals surface area contributed by atoms with E-state index in [2.05, 4.69) is 26.8 Å². The van der Waals surface area contributed by atoms with E-state index in [4.69, 9.17) is 9.47 Å². The number of carbonyl (C=O) groups is 1. The quantitative estimate of drug-likeness (QED) is 0.173. The van der Waals surface area contributed by atoms with Crippen LogP contribution in [0.25, 0.3) is 0 Å². The zero-order valence-corrected chi connectivity index (χ0v) is 18.0. The van der Waals surface area contributed by atoms with Gasteiger partial charge >= 0.3 is 5.97 Å². The number of aryl methyl sites for hydroxylation is 1. The van der Waals surface area contributed by atoms with Crippen molar-refractivity contribution in [1.29, 1.82) is 0 Å². The molecule has 0 amide bonds. The Balaban J connectivity index is 0.000000646. The summed E-state index contributed by atoms with van der Waals surface area (Å²) in [6.45, 7) is 8.05. The molecule has 0 aromatic heterocycles. The Morgan fingerprint density at radius 1 is 0.963 bits per heavy atom. The van der Waals surface area contributed by atoms with Gasteiger partial charge in [-0.15, -0.1) is 0 Å². The zero-order chi connectivity index (χ0) is 19.9. The highest BCUT2D eigenvalue weighted by Gasteiger charge is 2.35. The monoisotopic (exact) mass is 376 g/mol. The van der Waals surface area contributed by atoms with Gasteiger partial charge in [0.25, 0.3) is 0 Å². The molecule has 0 aliphatic carbocycles. The fourth-order valence-corrected chi connectivity index (χ4v) is 3.28. The Morgan fingerprint density at radius 3 is 2.26 bits per heavy atom. The molecule has 3 nitrogen and oxygen atoms in total. The number of benzene rings is 1. The fraction of sp³-hybridized carbons (Fsp3) is 0.708. The molecule has 154 valence electrons. The maximum atomic E-state index is 10.9. The lowest BCUT2D eigenvalue weighted by atomic mass is 10.0. The van der Waals surface area contributed by atoms with Crippen molar-refractivity contribution in [3.05, 3.63) is 29.8 Å². The molecule has 0 N–H and O–H groups in total. The van der Waals surface area contributed by atoms with Gasteiger partial charge < -0.3 is 9.47 Å². The van der Waals surface area contributed by atoms with Crippen molar-refractivity contribution in [3.63, 3.8) is 0 Å². The Labute approximate surface area is 166 Å². The molecule has 27 heavy (non-hydrogen) atoms. The first-order valence-corrected chi connectivity index (χ1v) is 11.0. The first-order valence-electron chi connectivity index (χ1n) is 11.0. The Bertz CT molecular complexity index is 510. The first-order chi connectivity index (χ1) is 13.1. The number of rotatable bonds is 12. The molecule has 0 saturated carbocycles. The van der Waals surface area contributed by atoms with Gasteiger partial charge in [0, 0.05) is 6.92 Å². The van der Waals surface area contributed by atoms with Gasteiger partial charge in [-0.25, -0.2) is 0 Å². The second-order valence-electron chi connectivity index (χ2n) is 7.52. The van der Waals surface area contributed by atoms with Crippen LogP contribution in [0.3, 0.4) is 0 Å². The third-order valence-corrected chi connectivity index (χ3v) is 4.91. The van der Waals surface area contributed by atoms with Crippen molar-refractivity contribution in [3.8, 4) is 5.75 Å². The van der Waals surface area contributed by atoms with E-state index in [-0.39, 0.29) is 5.97 Å². The van der Waals surface area contributed by atoms with Gasteiger partial charge in [-0.05, 0) is 43.4 Å². The molecule has 0 bridgehead atoms. The van der Waals surface area contributed by atoms with Crippen LogP contribution in [0.2, 0.25) is 0 Å². The highest BCUT2D eigenvalue weighted by atomic mass is 16.6. The van der Waals surface area contributed by atoms with Crippen molar-refractivity contribution in [2.24, 2.45) is 0 Å². The average Bonchev–Trinajstić information content (AvgIpc) is 3.40. The summed E-state index contributed by atoms with van der Waals surface area (Å²) >= 11 is 0. The van der Waals surface area contributed by atoms with E-state index in [0.717, 1.165) is 12.8 Å². The molecular weight excluding hydrogens is 336 g/mol. The van der Waals surface area contributed by atoms with E-state index in [1.54, 1.807) is 0 Å². The van der Waals surface area contributed by atoms with Crippen LogP contribution in [0.5, 0.6) is 5.75 Å². The molecule has 1 aromatic rings. The lowest BCUT2D eigenvalue weighted by Crippen LogP contribution is -2.01. The van der Waals surface area contributed by atoms with Gasteiger partial charge in [0.05, 0.1) is 12.2 Å². The number of ether oxygens (including phenoxy) is 2. The predicted molar refractivity (Wildman–Crippen MR) is 113 cm³/mol. The summed E-state index contributed by atoms with van der Waals surface area (Å²) in [5.41, 5.74) is 1.25. The van der Waals surface area contributed by atoms with E-state index in [0.29, 0.717) is 18.0 Å². The first kappa shape index (κ1) is 23.7. The number of hydrogen-bond acceptors (Lipinski definition) is 3. The summed E-state index contributed by atoms with van der Waals surface area (Å²) in [6, 6.07) is 7.85. The van der Waals surface area contributed by atoms with Crippen molar-refractivity contribution >= 4 is 5.97 Å². The molecule has 1 saturated heterocycles. The smallest absolute Gasteiger partial charge is 0.308 e. The minimum absolute atomic E-state index is 0.262. The van der Waals surface area contributed by atoms with Crippen molar-refractivity contribution < 1.29 is 14.3 Å². The molecular formula is C24H40O3. The normalized spacial score (nSPS) is 17.8. The number of unbranched alkanes of at least 4 members (excludes halogenated alkanes) is 6. The molecule has 2 rings (SSSR count). The third kappa shape index (κ3) is 11.9. The Hall–Kier alpha value is -1.35. The van der Waals surface area contributed by atoms with Crippen LogP contribution in [0.4, 0.5) is 0 Å². The SMILES string of the molecule is CCC1OC1CCCCCCCc1cccc(OC(C)=O)c1.CCCCC. The summed E-state index contributed by atoms with van der Waals surface area (Å²) in [5.74, 6) is 0.391. The van der Waals surface area contributed by atoms with Crippen LogP contribution in [0.1, 0.15) is 97.5 Å². The van der Waals surface area contributed by atoms with E-state index < -0.39 is 0 Å². The van der Waals surface area contributed by atoms with Crippen LogP contribution >= 0.6 is 0 Å². The van der Waals surface area contributed by atoms with Crippen LogP contribution in [0.15, 0.2) is 24.3 Å².